The van der Waals surface area contributed by atoms with Gasteiger partial charge in [0.2, 0.25) is 5.95 Å². The number of nitrogens with one attached hydrogen (secondary N) is 1. The van der Waals surface area contributed by atoms with Crippen LogP contribution in [0.4, 0.5) is 10.2 Å². The van der Waals surface area contributed by atoms with Crippen molar-refractivity contribution < 1.29 is 9.50 Å². The van der Waals surface area contributed by atoms with Gasteiger partial charge in [0, 0.05) is 18.0 Å². The van der Waals surface area contributed by atoms with Gasteiger partial charge in [0.15, 0.2) is 0 Å². The van der Waals surface area contributed by atoms with Crippen LogP contribution < -0.4 is 5.32 Å². The highest BCUT2D eigenvalue weighted by molar-refractivity contribution is 5.32. The largest absolute Gasteiger partial charge is 0.396 e. The van der Waals surface area contributed by atoms with Crippen LogP contribution in [0.2, 0.25) is 0 Å². The Kier molecular flexibility index (Phi) is 3.89. The van der Waals surface area contributed by atoms with Gasteiger partial charge in [-0.15, -0.1) is 0 Å². The van der Waals surface area contributed by atoms with Crippen LogP contribution in [-0.4, -0.2) is 28.2 Å². The highest BCUT2D eigenvalue weighted by Crippen LogP contribution is 2.35. The van der Waals surface area contributed by atoms with Gasteiger partial charge in [0.05, 0.1) is 6.61 Å². The Labute approximate surface area is 100 Å². The van der Waals surface area contributed by atoms with Crippen LogP contribution in [0.5, 0.6) is 0 Å². The van der Waals surface area contributed by atoms with Crippen LogP contribution >= 0.6 is 0 Å². The van der Waals surface area contributed by atoms with Crippen LogP contribution in [0.1, 0.15) is 32.1 Å². The normalized spacial score (nSPS) is 18.9. The van der Waals surface area contributed by atoms with E-state index in [4.69, 9.17) is 0 Å². The molecule has 0 radical (unpaired) electrons. The first-order valence-corrected chi connectivity index (χ1v) is 6.06. The molecule has 1 aliphatic carbocycles. The van der Waals surface area contributed by atoms with E-state index in [1.165, 1.54) is 18.8 Å². The second-order valence-corrected chi connectivity index (χ2v) is 4.80. The Hall–Kier alpha value is -1.23. The lowest BCUT2D eigenvalue weighted by atomic mass is 9.74. The molecule has 94 valence electrons. The van der Waals surface area contributed by atoms with E-state index in [1.54, 1.807) is 0 Å². The van der Waals surface area contributed by atoms with E-state index in [0.29, 0.717) is 12.4 Å². The number of anilines is 1. The molecule has 0 amide bonds. The van der Waals surface area contributed by atoms with E-state index >= 15 is 0 Å². The summed E-state index contributed by atoms with van der Waals surface area (Å²) in [5, 5.41) is 12.6. The monoisotopic (exact) mass is 239 g/mol. The van der Waals surface area contributed by atoms with Gasteiger partial charge >= 0.3 is 0 Å². The Morgan fingerprint density at radius 3 is 2.71 bits per heavy atom. The number of aromatic nitrogens is 2. The van der Waals surface area contributed by atoms with E-state index in [9.17, 15) is 9.50 Å². The molecule has 2 rings (SSSR count). The van der Waals surface area contributed by atoms with Crippen molar-refractivity contribution in [1.29, 1.82) is 0 Å². The number of hydrogen-bond donors (Lipinski definition) is 2. The molecule has 1 fully saturated rings. The SMILES string of the molecule is OCC1(CNc2cc(F)ncn2)CCCCC1. The smallest absolute Gasteiger partial charge is 0.217 e. The van der Waals surface area contributed by atoms with Crippen LogP contribution in [0.25, 0.3) is 0 Å². The van der Waals surface area contributed by atoms with Crippen LogP contribution in [0.3, 0.4) is 0 Å². The molecule has 0 aromatic carbocycles. The van der Waals surface area contributed by atoms with Crippen molar-refractivity contribution in [1.82, 2.24) is 9.97 Å². The summed E-state index contributed by atoms with van der Waals surface area (Å²) in [5.74, 6) is -0.0555. The van der Waals surface area contributed by atoms with Crippen LogP contribution in [0, 0.1) is 11.4 Å². The predicted molar refractivity (Wildman–Crippen MR) is 63.1 cm³/mol. The molecule has 0 unspecified atom stereocenters. The fourth-order valence-corrected chi connectivity index (χ4v) is 2.40. The zero-order chi connectivity index (χ0) is 12.1. The molecule has 0 aliphatic heterocycles. The quantitative estimate of drug-likeness (QED) is 0.789. The minimum Gasteiger partial charge on any atom is -0.396 e. The third-order valence-corrected chi connectivity index (χ3v) is 3.53. The van der Waals surface area contributed by atoms with Crippen molar-refractivity contribution >= 4 is 5.82 Å². The van der Waals surface area contributed by atoms with Gasteiger partial charge in [-0.1, -0.05) is 19.3 Å². The first-order valence-electron chi connectivity index (χ1n) is 6.06. The maximum atomic E-state index is 12.9. The molecule has 5 heteroatoms. The Balaban J connectivity index is 1.95. The number of hydrogen-bond acceptors (Lipinski definition) is 4. The molecular formula is C12H18FN3O. The standard InChI is InChI=1S/C12H18FN3O/c13-10-6-11(16-9-15-10)14-7-12(8-17)4-2-1-3-5-12/h6,9,17H,1-5,7-8H2,(H,14,15,16). The van der Waals surface area contributed by atoms with Crippen molar-refractivity contribution in [2.45, 2.75) is 32.1 Å². The lowest BCUT2D eigenvalue weighted by molar-refractivity contribution is 0.0943. The number of aliphatic hydroxyl groups excluding tert-OH is 1. The van der Waals surface area contributed by atoms with Crippen molar-refractivity contribution in [3.63, 3.8) is 0 Å². The Morgan fingerprint density at radius 1 is 1.29 bits per heavy atom. The van der Waals surface area contributed by atoms with E-state index in [2.05, 4.69) is 15.3 Å². The molecule has 1 aromatic rings. The first-order chi connectivity index (χ1) is 8.24. The van der Waals surface area contributed by atoms with Crippen molar-refractivity contribution in [3.8, 4) is 0 Å². The lowest BCUT2D eigenvalue weighted by Crippen LogP contribution is -2.35. The van der Waals surface area contributed by atoms with Gasteiger partial charge in [-0.05, 0) is 12.8 Å². The van der Waals surface area contributed by atoms with Crippen LogP contribution in [0.15, 0.2) is 12.4 Å². The number of aliphatic hydroxyl groups is 1. The summed E-state index contributed by atoms with van der Waals surface area (Å²) in [5.41, 5.74) is -0.0698. The average Bonchev–Trinajstić information content (AvgIpc) is 2.38. The molecular weight excluding hydrogens is 221 g/mol. The second-order valence-electron chi connectivity index (χ2n) is 4.80. The highest BCUT2D eigenvalue weighted by Gasteiger charge is 2.31. The summed E-state index contributed by atoms with van der Waals surface area (Å²) < 4.78 is 12.9. The molecule has 4 nitrogen and oxygen atoms in total. The summed E-state index contributed by atoms with van der Waals surface area (Å²) in [6.45, 7) is 0.813. The maximum Gasteiger partial charge on any atom is 0.217 e. The molecule has 1 heterocycles. The molecule has 0 saturated heterocycles. The lowest BCUT2D eigenvalue weighted by Gasteiger charge is -2.35. The first kappa shape index (κ1) is 12.2. The molecule has 17 heavy (non-hydrogen) atoms. The molecule has 1 aromatic heterocycles. The van der Waals surface area contributed by atoms with Gasteiger partial charge in [-0.3, -0.25) is 0 Å². The third-order valence-electron chi connectivity index (χ3n) is 3.53. The fraction of sp³-hybridized carbons (Fsp3) is 0.667. The maximum absolute atomic E-state index is 12.9. The van der Waals surface area contributed by atoms with Gasteiger partial charge in [0.25, 0.3) is 0 Å². The fourth-order valence-electron chi connectivity index (χ4n) is 2.40. The molecule has 0 spiro atoms. The Bertz CT molecular complexity index is 367. The molecule has 1 aliphatic rings. The minimum atomic E-state index is -0.538. The summed E-state index contributed by atoms with van der Waals surface area (Å²) in [4.78, 5) is 7.35. The van der Waals surface area contributed by atoms with Crippen molar-refractivity contribution in [2.75, 3.05) is 18.5 Å². The summed E-state index contributed by atoms with van der Waals surface area (Å²) in [7, 11) is 0. The van der Waals surface area contributed by atoms with E-state index in [1.807, 2.05) is 0 Å². The van der Waals surface area contributed by atoms with E-state index in [-0.39, 0.29) is 12.0 Å². The second kappa shape index (κ2) is 5.40. The third kappa shape index (κ3) is 3.12. The van der Waals surface area contributed by atoms with Crippen molar-refractivity contribution in [3.05, 3.63) is 18.3 Å². The minimum absolute atomic E-state index is 0.0698. The number of nitrogens with zero attached hydrogens (tertiary/aromatic N) is 2. The summed E-state index contributed by atoms with van der Waals surface area (Å²) in [6.07, 6.45) is 6.78. The van der Waals surface area contributed by atoms with Gasteiger partial charge in [-0.25, -0.2) is 9.97 Å². The van der Waals surface area contributed by atoms with E-state index in [0.717, 1.165) is 25.7 Å². The topological polar surface area (TPSA) is 58.0 Å². The average molecular weight is 239 g/mol. The van der Waals surface area contributed by atoms with Crippen LogP contribution in [-0.2, 0) is 0 Å². The highest BCUT2D eigenvalue weighted by atomic mass is 19.1. The van der Waals surface area contributed by atoms with Gasteiger partial charge in [-0.2, -0.15) is 4.39 Å². The van der Waals surface area contributed by atoms with E-state index < -0.39 is 5.95 Å². The molecule has 0 atom stereocenters. The zero-order valence-electron chi connectivity index (χ0n) is 9.82. The van der Waals surface area contributed by atoms with Gasteiger partial charge < -0.3 is 10.4 Å². The molecule has 0 bridgehead atoms. The van der Waals surface area contributed by atoms with Crippen molar-refractivity contribution in [2.24, 2.45) is 5.41 Å². The van der Waals surface area contributed by atoms with Gasteiger partial charge in [0.1, 0.15) is 12.1 Å². The summed E-state index contributed by atoms with van der Waals surface area (Å²) >= 11 is 0. The molecule has 1 saturated carbocycles. The number of rotatable bonds is 4. The number of halogens is 1. The summed E-state index contributed by atoms with van der Waals surface area (Å²) in [6, 6.07) is 1.27. The zero-order valence-corrected chi connectivity index (χ0v) is 9.82. The Morgan fingerprint density at radius 2 is 2.06 bits per heavy atom. The molecule has 2 N–H and O–H groups in total. The predicted octanol–water partition coefficient (Wildman–Crippen LogP) is 1.97.